The smallest absolute Gasteiger partial charge is 0.0628 e. The molecule has 2 unspecified atom stereocenters. The first-order chi connectivity index (χ1) is 8.80. The Morgan fingerprint density at radius 1 is 1.28 bits per heavy atom. The molecule has 3 heteroatoms. The van der Waals surface area contributed by atoms with E-state index in [4.69, 9.17) is 4.74 Å². The summed E-state index contributed by atoms with van der Waals surface area (Å²) in [6, 6.07) is 0.489. The van der Waals surface area contributed by atoms with Gasteiger partial charge < -0.3 is 15.0 Å². The van der Waals surface area contributed by atoms with Gasteiger partial charge in [-0.25, -0.2) is 0 Å². The van der Waals surface area contributed by atoms with Crippen LogP contribution < -0.4 is 5.32 Å². The number of likely N-dealkylation sites (N-methyl/N-ethyl adjacent to an activating group) is 1. The van der Waals surface area contributed by atoms with E-state index in [1.807, 2.05) is 0 Å². The average Bonchev–Trinajstić information content (AvgIpc) is 2.56. The Labute approximate surface area is 113 Å². The van der Waals surface area contributed by atoms with Crippen molar-refractivity contribution in [2.45, 2.75) is 52.0 Å². The molecule has 1 heterocycles. The highest BCUT2D eigenvalue weighted by atomic mass is 16.5. The largest absolute Gasteiger partial charge is 0.383 e. The van der Waals surface area contributed by atoms with Crippen molar-refractivity contribution >= 4 is 0 Å². The molecule has 0 aliphatic carbocycles. The van der Waals surface area contributed by atoms with Crippen LogP contribution in [-0.2, 0) is 4.74 Å². The van der Waals surface area contributed by atoms with E-state index in [1.54, 1.807) is 7.11 Å². The molecule has 0 saturated carbocycles. The summed E-state index contributed by atoms with van der Waals surface area (Å²) in [6.07, 6.45) is 6.95. The van der Waals surface area contributed by atoms with Crippen LogP contribution in [0, 0.1) is 5.92 Å². The lowest BCUT2D eigenvalue weighted by Gasteiger charge is -2.26. The number of hydrogen-bond donors (Lipinski definition) is 1. The van der Waals surface area contributed by atoms with Crippen molar-refractivity contribution in [2.24, 2.45) is 5.92 Å². The van der Waals surface area contributed by atoms with Crippen LogP contribution in [0.15, 0.2) is 0 Å². The van der Waals surface area contributed by atoms with Crippen LogP contribution in [0.5, 0.6) is 0 Å². The molecule has 1 saturated heterocycles. The van der Waals surface area contributed by atoms with Gasteiger partial charge in [-0.2, -0.15) is 0 Å². The fourth-order valence-electron chi connectivity index (χ4n) is 3.08. The van der Waals surface area contributed by atoms with Gasteiger partial charge in [0.05, 0.1) is 6.61 Å². The lowest BCUT2D eigenvalue weighted by molar-refractivity contribution is 0.139. The fourth-order valence-corrected chi connectivity index (χ4v) is 3.08. The van der Waals surface area contributed by atoms with Crippen LogP contribution >= 0.6 is 0 Å². The zero-order valence-corrected chi connectivity index (χ0v) is 12.6. The van der Waals surface area contributed by atoms with Gasteiger partial charge in [-0.05, 0) is 44.8 Å². The predicted octanol–water partition coefficient (Wildman–Crippen LogP) is 2.51. The third kappa shape index (κ3) is 6.17. The zero-order valence-electron chi connectivity index (χ0n) is 12.6. The maximum Gasteiger partial charge on any atom is 0.0628 e. The Bertz CT molecular complexity index is 193. The highest BCUT2D eigenvalue weighted by Crippen LogP contribution is 2.21. The van der Waals surface area contributed by atoms with Gasteiger partial charge in [-0.3, -0.25) is 0 Å². The van der Waals surface area contributed by atoms with Crippen LogP contribution in [0.25, 0.3) is 0 Å². The molecule has 108 valence electrons. The molecule has 2 atom stereocenters. The van der Waals surface area contributed by atoms with Crippen molar-refractivity contribution in [1.82, 2.24) is 10.2 Å². The van der Waals surface area contributed by atoms with Crippen LogP contribution in [0.2, 0.25) is 0 Å². The quantitative estimate of drug-likeness (QED) is 0.722. The molecular weight excluding hydrogens is 224 g/mol. The SMILES string of the molecule is CCCC1CCCN(CC(COC)NCC)CC1. The Balaban J connectivity index is 2.32. The summed E-state index contributed by atoms with van der Waals surface area (Å²) in [5.74, 6) is 0.972. The number of hydrogen-bond acceptors (Lipinski definition) is 3. The second-order valence-corrected chi connectivity index (χ2v) is 5.60. The van der Waals surface area contributed by atoms with E-state index < -0.39 is 0 Å². The lowest BCUT2D eigenvalue weighted by atomic mass is 9.96. The fraction of sp³-hybridized carbons (Fsp3) is 1.00. The molecule has 0 spiro atoms. The van der Waals surface area contributed by atoms with Gasteiger partial charge in [0.1, 0.15) is 0 Å². The summed E-state index contributed by atoms with van der Waals surface area (Å²) in [5.41, 5.74) is 0. The molecule has 1 fully saturated rings. The van der Waals surface area contributed by atoms with E-state index in [9.17, 15) is 0 Å². The lowest BCUT2D eigenvalue weighted by Crippen LogP contribution is -2.44. The van der Waals surface area contributed by atoms with Crippen molar-refractivity contribution in [2.75, 3.05) is 39.9 Å². The van der Waals surface area contributed by atoms with Crippen molar-refractivity contribution in [3.05, 3.63) is 0 Å². The third-order valence-electron chi connectivity index (χ3n) is 3.98. The molecule has 0 aromatic carbocycles. The first kappa shape index (κ1) is 15.9. The van der Waals surface area contributed by atoms with Gasteiger partial charge in [0.15, 0.2) is 0 Å². The van der Waals surface area contributed by atoms with Gasteiger partial charge >= 0.3 is 0 Å². The molecule has 1 N–H and O–H groups in total. The number of methoxy groups -OCH3 is 1. The second kappa shape index (κ2) is 9.76. The first-order valence-electron chi connectivity index (χ1n) is 7.74. The van der Waals surface area contributed by atoms with Crippen molar-refractivity contribution < 1.29 is 4.74 Å². The average molecular weight is 256 g/mol. The minimum atomic E-state index is 0.489. The summed E-state index contributed by atoms with van der Waals surface area (Å²) in [7, 11) is 1.80. The normalized spacial score (nSPS) is 23.8. The van der Waals surface area contributed by atoms with E-state index >= 15 is 0 Å². The van der Waals surface area contributed by atoms with Crippen LogP contribution in [0.3, 0.4) is 0 Å². The molecule has 1 aliphatic heterocycles. The van der Waals surface area contributed by atoms with E-state index in [1.165, 1.54) is 45.2 Å². The van der Waals surface area contributed by atoms with Crippen LogP contribution in [-0.4, -0.2) is 50.8 Å². The van der Waals surface area contributed by atoms with E-state index in [-0.39, 0.29) is 0 Å². The van der Waals surface area contributed by atoms with Gasteiger partial charge in [-0.15, -0.1) is 0 Å². The summed E-state index contributed by atoms with van der Waals surface area (Å²) in [5, 5.41) is 3.52. The van der Waals surface area contributed by atoms with Crippen LogP contribution in [0.4, 0.5) is 0 Å². The Morgan fingerprint density at radius 2 is 2.11 bits per heavy atom. The topological polar surface area (TPSA) is 24.5 Å². The van der Waals surface area contributed by atoms with Gasteiger partial charge in [-0.1, -0.05) is 26.7 Å². The molecule has 18 heavy (non-hydrogen) atoms. The Morgan fingerprint density at radius 3 is 2.78 bits per heavy atom. The zero-order chi connectivity index (χ0) is 13.2. The van der Waals surface area contributed by atoms with Crippen molar-refractivity contribution in [3.8, 4) is 0 Å². The van der Waals surface area contributed by atoms with Crippen LogP contribution in [0.1, 0.15) is 46.0 Å². The van der Waals surface area contributed by atoms with Gasteiger partial charge in [0.25, 0.3) is 0 Å². The standard InChI is InChI=1S/C15H32N2O/c1-4-7-14-8-6-10-17(11-9-14)12-15(13-18-3)16-5-2/h14-16H,4-13H2,1-3H3. The molecule has 3 nitrogen and oxygen atoms in total. The third-order valence-corrected chi connectivity index (χ3v) is 3.98. The van der Waals surface area contributed by atoms with Gasteiger partial charge in [0.2, 0.25) is 0 Å². The molecule has 0 aromatic heterocycles. The number of likely N-dealkylation sites (tertiary alicyclic amines) is 1. The molecule has 0 aromatic rings. The molecule has 0 bridgehead atoms. The van der Waals surface area contributed by atoms with Crippen molar-refractivity contribution in [1.29, 1.82) is 0 Å². The summed E-state index contributed by atoms with van der Waals surface area (Å²) < 4.78 is 5.30. The maximum atomic E-state index is 5.30. The predicted molar refractivity (Wildman–Crippen MR) is 78.0 cm³/mol. The highest BCUT2D eigenvalue weighted by molar-refractivity contribution is 4.75. The second-order valence-electron chi connectivity index (χ2n) is 5.60. The minimum Gasteiger partial charge on any atom is -0.383 e. The Hall–Kier alpha value is -0.120. The molecular formula is C15H32N2O. The maximum absolute atomic E-state index is 5.30. The summed E-state index contributed by atoms with van der Waals surface area (Å²) in [6.45, 7) is 10.0. The number of ether oxygens (including phenoxy) is 1. The van der Waals surface area contributed by atoms with Gasteiger partial charge in [0, 0.05) is 19.7 Å². The summed E-state index contributed by atoms with van der Waals surface area (Å²) >= 11 is 0. The van der Waals surface area contributed by atoms with E-state index in [2.05, 4.69) is 24.1 Å². The minimum absolute atomic E-state index is 0.489. The first-order valence-corrected chi connectivity index (χ1v) is 7.74. The monoisotopic (exact) mass is 256 g/mol. The molecule has 1 rings (SSSR count). The number of rotatable bonds is 8. The van der Waals surface area contributed by atoms with E-state index in [0.29, 0.717) is 6.04 Å². The van der Waals surface area contributed by atoms with Crippen molar-refractivity contribution in [3.63, 3.8) is 0 Å². The summed E-state index contributed by atoms with van der Waals surface area (Å²) in [4.78, 5) is 2.63. The number of nitrogens with zero attached hydrogens (tertiary/aromatic N) is 1. The highest BCUT2D eigenvalue weighted by Gasteiger charge is 2.18. The molecule has 0 amide bonds. The Kier molecular flexibility index (Phi) is 8.64. The van der Waals surface area contributed by atoms with E-state index in [0.717, 1.165) is 25.6 Å². The molecule has 0 radical (unpaired) electrons. The molecule has 1 aliphatic rings. The number of nitrogens with one attached hydrogen (secondary N) is 1.